The Kier molecular flexibility index (Phi) is 2.88. The third-order valence-corrected chi connectivity index (χ3v) is 2.24. The largest absolute Gasteiger partial charge is 0.365 e. The molecule has 0 aliphatic heterocycles. The Labute approximate surface area is 94.1 Å². The van der Waals surface area contributed by atoms with Crippen LogP contribution in [-0.4, -0.2) is 9.78 Å². The van der Waals surface area contributed by atoms with Crippen LogP contribution in [0.4, 0.5) is 5.82 Å². The molecule has 0 atom stereocenters. The van der Waals surface area contributed by atoms with Gasteiger partial charge in [-0.15, -0.1) is 0 Å². The zero-order valence-corrected chi connectivity index (χ0v) is 9.01. The topological polar surface area (TPSA) is 53.6 Å². The van der Waals surface area contributed by atoms with Gasteiger partial charge >= 0.3 is 0 Å². The SMILES string of the molecule is Cn1ccc(NCc2cccc(C#N)c2)n1. The fraction of sp³-hybridized carbons (Fsp3) is 0.167. The van der Waals surface area contributed by atoms with E-state index >= 15 is 0 Å². The average Bonchev–Trinajstić information content (AvgIpc) is 2.73. The molecule has 16 heavy (non-hydrogen) atoms. The first-order valence-corrected chi connectivity index (χ1v) is 5.00. The van der Waals surface area contributed by atoms with Gasteiger partial charge in [0, 0.05) is 25.9 Å². The molecule has 2 rings (SSSR count). The third-order valence-electron chi connectivity index (χ3n) is 2.24. The molecular formula is C12H12N4. The molecule has 0 unspecified atom stereocenters. The number of nitrogens with zero attached hydrogens (tertiary/aromatic N) is 3. The van der Waals surface area contributed by atoms with Gasteiger partial charge in [0.1, 0.15) is 5.82 Å². The van der Waals surface area contributed by atoms with Gasteiger partial charge in [-0.3, -0.25) is 4.68 Å². The fourth-order valence-electron chi connectivity index (χ4n) is 1.45. The predicted molar refractivity (Wildman–Crippen MR) is 61.7 cm³/mol. The number of aromatic nitrogens is 2. The Bertz CT molecular complexity index is 522. The summed E-state index contributed by atoms with van der Waals surface area (Å²) in [5.74, 6) is 0.838. The van der Waals surface area contributed by atoms with E-state index in [0.29, 0.717) is 12.1 Å². The van der Waals surface area contributed by atoms with Crippen LogP contribution in [0.2, 0.25) is 0 Å². The van der Waals surface area contributed by atoms with Crippen LogP contribution >= 0.6 is 0 Å². The number of nitriles is 1. The van der Waals surface area contributed by atoms with E-state index in [9.17, 15) is 0 Å². The van der Waals surface area contributed by atoms with Crippen LogP contribution in [0.1, 0.15) is 11.1 Å². The van der Waals surface area contributed by atoms with Gasteiger partial charge in [0.15, 0.2) is 0 Å². The molecular weight excluding hydrogens is 200 g/mol. The summed E-state index contributed by atoms with van der Waals surface area (Å²) in [5.41, 5.74) is 1.75. The Balaban J connectivity index is 2.02. The van der Waals surface area contributed by atoms with E-state index in [4.69, 9.17) is 5.26 Å². The van der Waals surface area contributed by atoms with Crippen molar-refractivity contribution in [2.24, 2.45) is 7.05 Å². The van der Waals surface area contributed by atoms with Crippen molar-refractivity contribution in [3.63, 3.8) is 0 Å². The molecule has 1 heterocycles. The van der Waals surface area contributed by atoms with Crippen molar-refractivity contribution >= 4 is 5.82 Å². The van der Waals surface area contributed by atoms with Crippen molar-refractivity contribution < 1.29 is 0 Å². The van der Waals surface area contributed by atoms with Crippen molar-refractivity contribution in [1.82, 2.24) is 9.78 Å². The van der Waals surface area contributed by atoms with E-state index in [1.807, 2.05) is 37.5 Å². The lowest BCUT2D eigenvalue weighted by atomic mass is 10.1. The van der Waals surface area contributed by atoms with E-state index in [0.717, 1.165) is 11.4 Å². The van der Waals surface area contributed by atoms with Crippen molar-refractivity contribution in [3.05, 3.63) is 47.7 Å². The highest BCUT2D eigenvalue weighted by atomic mass is 15.3. The first-order chi connectivity index (χ1) is 7.78. The molecule has 0 amide bonds. The Hall–Kier alpha value is -2.28. The first kappa shape index (κ1) is 10.2. The van der Waals surface area contributed by atoms with Gasteiger partial charge in [0.2, 0.25) is 0 Å². The van der Waals surface area contributed by atoms with Crippen LogP contribution < -0.4 is 5.32 Å². The molecule has 80 valence electrons. The van der Waals surface area contributed by atoms with Gasteiger partial charge in [-0.2, -0.15) is 10.4 Å². The smallest absolute Gasteiger partial charge is 0.148 e. The fourth-order valence-corrected chi connectivity index (χ4v) is 1.45. The van der Waals surface area contributed by atoms with Gasteiger partial charge in [0.05, 0.1) is 11.6 Å². The lowest BCUT2D eigenvalue weighted by molar-refractivity contribution is 0.768. The highest BCUT2D eigenvalue weighted by molar-refractivity contribution is 5.37. The third kappa shape index (κ3) is 2.39. The van der Waals surface area contributed by atoms with Crippen LogP contribution in [0, 0.1) is 11.3 Å². The molecule has 0 saturated heterocycles. The maximum Gasteiger partial charge on any atom is 0.148 e. The molecule has 1 N–H and O–H groups in total. The summed E-state index contributed by atoms with van der Waals surface area (Å²) in [6, 6.07) is 11.6. The van der Waals surface area contributed by atoms with Crippen molar-refractivity contribution in [2.75, 3.05) is 5.32 Å². The molecule has 0 radical (unpaired) electrons. The minimum Gasteiger partial charge on any atom is -0.365 e. The lowest BCUT2D eigenvalue weighted by Crippen LogP contribution is -2.00. The van der Waals surface area contributed by atoms with Crippen LogP contribution in [-0.2, 0) is 13.6 Å². The second kappa shape index (κ2) is 4.49. The monoisotopic (exact) mass is 212 g/mol. The molecule has 0 bridgehead atoms. The van der Waals surface area contributed by atoms with Gasteiger partial charge in [0.25, 0.3) is 0 Å². The summed E-state index contributed by atoms with van der Waals surface area (Å²) in [4.78, 5) is 0. The number of benzene rings is 1. The van der Waals surface area contributed by atoms with Crippen molar-refractivity contribution in [3.8, 4) is 6.07 Å². The second-order valence-electron chi connectivity index (χ2n) is 3.54. The lowest BCUT2D eigenvalue weighted by Gasteiger charge is -2.03. The number of nitrogens with one attached hydrogen (secondary N) is 1. The van der Waals surface area contributed by atoms with Gasteiger partial charge in [-0.05, 0) is 17.7 Å². The summed E-state index contributed by atoms with van der Waals surface area (Å²) in [6.45, 7) is 0.673. The number of aryl methyl sites for hydroxylation is 1. The standard InChI is InChI=1S/C12H12N4/c1-16-6-5-12(15-16)14-9-11-4-2-3-10(7-11)8-13/h2-7H,9H2,1H3,(H,14,15). The highest BCUT2D eigenvalue weighted by Gasteiger charge is 1.97. The van der Waals surface area contributed by atoms with Crippen LogP contribution in [0.15, 0.2) is 36.5 Å². The van der Waals surface area contributed by atoms with Crippen molar-refractivity contribution in [1.29, 1.82) is 5.26 Å². The summed E-state index contributed by atoms with van der Waals surface area (Å²) < 4.78 is 1.74. The summed E-state index contributed by atoms with van der Waals surface area (Å²) in [5, 5.41) is 16.2. The molecule has 4 heteroatoms. The molecule has 2 aromatic rings. The number of rotatable bonds is 3. The Morgan fingerprint density at radius 1 is 1.44 bits per heavy atom. The van der Waals surface area contributed by atoms with E-state index in [-0.39, 0.29) is 0 Å². The summed E-state index contributed by atoms with van der Waals surface area (Å²) >= 11 is 0. The number of hydrogen-bond donors (Lipinski definition) is 1. The number of anilines is 1. The van der Waals surface area contributed by atoms with Crippen molar-refractivity contribution in [2.45, 2.75) is 6.54 Å². The molecule has 4 nitrogen and oxygen atoms in total. The molecule has 0 fully saturated rings. The maximum absolute atomic E-state index is 8.76. The van der Waals surface area contributed by atoms with E-state index in [2.05, 4.69) is 16.5 Å². The highest BCUT2D eigenvalue weighted by Crippen LogP contribution is 2.07. The minimum absolute atomic E-state index is 0.673. The normalized spacial score (nSPS) is 9.75. The van der Waals surface area contributed by atoms with Crippen LogP contribution in [0.3, 0.4) is 0 Å². The van der Waals surface area contributed by atoms with Gasteiger partial charge < -0.3 is 5.32 Å². The Morgan fingerprint density at radius 2 is 2.31 bits per heavy atom. The maximum atomic E-state index is 8.76. The molecule has 0 saturated carbocycles. The quantitative estimate of drug-likeness (QED) is 0.845. The first-order valence-electron chi connectivity index (χ1n) is 5.00. The van der Waals surface area contributed by atoms with Crippen LogP contribution in [0.5, 0.6) is 0 Å². The summed E-state index contributed by atoms with van der Waals surface area (Å²) in [6.07, 6.45) is 1.88. The zero-order chi connectivity index (χ0) is 11.4. The Morgan fingerprint density at radius 3 is 3.00 bits per heavy atom. The molecule has 1 aromatic heterocycles. The predicted octanol–water partition coefficient (Wildman–Crippen LogP) is 1.90. The van der Waals surface area contributed by atoms with Gasteiger partial charge in [-0.25, -0.2) is 0 Å². The van der Waals surface area contributed by atoms with Crippen LogP contribution in [0.25, 0.3) is 0 Å². The van der Waals surface area contributed by atoms with E-state index in [1.165, 1.54) is 0 Å². The van der Waals surface area contributed by atoms with Gasteiger partial charge in [-0.1, -0.05) is 12.1 Å². The summed E-state index contributed by atoms with van der Waals surface area (Å²) in [7, 11) is 1.88. The molecule has 0 aliphatic rings. The second-order valence-corrected chi connectivity index (χ2v) is 3.54. The average molecular weight is 212 g/mol. The van der Waals surface area contributed by atoms with E-state index < -0.39 is 0 Å². The molecule has 1 aromatic carbocycles. The molecule has 0 spiro atoms. The number of hydrogen-bond acceptors (Lipinski definition) is 3. The minimum atomic E-state index is 0.673. The zero-order valence-electron chi connectivity index (χ0n) is 9.01. The molecule has 0 aliphatic carbocycles. The van der Waals surface area contributed by atoms with E-state index in [1.54, 1.807) is 10.7 Å².